The van der Waals surface area contributed by atoms with Crippen LogP contribution in [0.25, 0.3) is 0 Å². The van der Waals surface area contributed by atoms with Crippen LogP contribution in [0.15, 0.2) is 33.9 Å². The van der Waals surface area contributed by atoms with Gasteiger partial charge in [0, 0.05) is 0 Å². The van der Waals surface area contributed by atoms with E-state index in [0.717, 1.165) is 17.7 Å². The number of rotatable bonds is 5. The quantitative estimate of drug-likeness (QED) is 0.721. The first-order chi connectivity index (χ1) is 12.0. The van der Waals surface area contributed by atoms with E-state index in [1.165, 1.54) is 4.90 Å². The summed E-state index contributed by atoms with van der Waals surface area (Å²) in [6, 6.07) is 8.01. The molecule has 0 radical (unpaired) electrons. The molecular formula is C18H25N4O3+. The summed E-state index contributed by atoms with van der Waals surface area (Å²) in [6.45, 7) is 6.03. The van der Waals surface area contributed by atoms with E-state index in [4.69, 9.17) is 4.74 Å². The van der Waals surface area contributed by atoms with Crippen molar-refractivity contribution in [3.8, 4) is 5.75 Å². The molecule has 1 aromatic carbocycles. The van der Waals surface area contributed by atoms with E-state index in [2.05, 4.69) is 24.1 Å². The number of methoxy groups -OCH3 is 1. The number of benzene rings is 1. The van der Waals surface area contributed by atoms with E-state index in [-0.39, 0.29) is 11.2 Å². The van der Waals surface area contributed by atoms with E-state index < -0.39 is 0 Å². The third-order valence-corrected chi connectivity index (χ3v) is 4.99. The fraction of sp³-hybridized carbons (Fsp3) is 0.444. The van der Waals surface area contributed by atoms with Gasteiger partial charge in [-0.3, -0.25) is 14.3 Å². The second-order valence-corrected chi connectivity index (χ2v) is 6.52. The normalized spacial score (nSPS) is 17.5. The number of fused-ring (bicyclic) bond motifs is 1. The lowest BCUT2D eigenvalue weighted by Gasteiger charge is -2.31. The summed E-state index contributed by atoms with van der Waals surface area (Å²) in [5.41, 5.74) is 0.934. The Morgan fingerprint density at radius 3 is 2.64 bits per heavy atom. The van der Waals surface area contributed by atoms with Gasteiger partial charge >= 0.3 is 5.69 Å². The van der Waals surface area contributed by atoms with Crippen LogP contribution >= 0.6 is 0 Å². The molecule has 7 nitrogen and oxygen atoms in total. The van der Waals surface area contributed by atoms with Crippen molar-refractivity contribution in [2.75, 3.05) is 19.1 Å². The maximum atomic E-state index is 12.3. The van der Waals surface area contributed by atoms with Crippen LogP contribution in [0.3, 0.4) is 0 Å². The lowest BCUT2D eigenvalue weighted by atomic mass is 10.1. The summed E-state index contributed by atoms with van der Waals surface area (Å²) in [5.74, 6) is 1.40. The van der Waals surface area contributed by atoms with Crippen LogP contribution in [0.4, 0.5) is 5.82 Å². The topological polar surface area (TPSA) is 80.6 Å². The molecule has 3 N–H and O–H groups in total. The minimum Gasteiger partial charge on any atom is -0.497 e. The number of H-pyrrole nitrogens is 1. The van der Waals surface area contributed by atoms with Crippen LogP contribution in [0.1, 0.15) is 31.4 Å². The van der Waals surface area contributed by atoms with Gasteiger partial charge in [0.2, 0.25) is 0 Å². The van der Waals surface area contributed by atoms with E-state index in [1.54, 1.807) is 11.7 Å². The van der Waals surface area contributed by atoms with Gasteiger partial charge < -0.3 is 15.0 Å². The zero-order valence-electron chi connectivity index (χ0n) is 14.9. The van der Waals surface area contributed by atoms with Crippen LogP contribution in [0.5, 0.6) is 5.75 Å². The smallest absolute Gasteiger partial charge is 0.330 e. The first-order valence-electron chi connectivity index (χ1n) is 8.60. The largest absolute Gasteiger partial charge is 0.497 e. The Bertz CT molecular complexity index is 854. The fourth-order valence-corrected chi connectivity index (χ4v) is 3.17. The Hall–Kier alpha value is -2.54. The maximum absolute atomic E-state index is 12.3. The van der Waals surface area contributed by atoms with Gasteiger partial charge in [0.25, 0.3) is 5.56 Å². The molecule has 2 atom stereocenters. The van der Waals surface area contributed by atoms with Gasteiger partial charge in [-0.1, -0.05) is 19.1 Å². The minimum absolute atomic E-state index is 0.293. The molecule has 0 spiro atoms. The standard InChI is InChI=1S/C18H24N4O3/c1-4-12(2)21-10-15-16(19-11-21)22(18(24)20-17(15)23)9-13-5-7-14(25-3)8-6-13/h5-8,12,19H,4,9-11H2,1-3H3,(H,20,23,24)/p+1/t12-/m0/s1. The highest BCUT2D eigenvalue weighted by Crippen LogP contribution is 2.15. The Morgan fingerprint density at radius 1 is 1.28 bits per heavy atom. The molecule has 1 unspecified atom stereocenters. The van der Waals surface area contributed by atoms with Crippen molar-refractivity contribution in [2.45, 2.75) is 39.4 Å². The van der Waals surface area contributed by atoms with Crippen LogP contribution < -0.4 is 26.2 Å². The first-order valence-corrected chi connectivity index (χ1v) is 8.60. The average Bonchev–Trinajstić information content (AvgIpc) is 2.64. The van der Waals surface area contributed by atoms with Crippen molar-refractivity contribution < 1.29 is 9.64 Å². The molecule has 2 heterocycles. The number of aromatic nitrogens is 2. The summed E-state index contributed by atoms with van der Waals surface area (Å²) in [4.78, 5) is 28.4. The van der Waals surface area contributed by atoms with E-state index in [1.807, 2.05) is 24.3 Å². The molecule has 2 aromatic rings. The van der Waals surface area contributed by atoms with E-state index in [0.29, 0.717) is 37.2 Å². The van der Waals surface area contributed by atoms with Crippen LogP contribution in [0.2, 0.25) is 0 Å². The summed E-state index contributed by atoms with van der Waals surface area (Å²) in [6.07, 6.45) is 1.04. The molecule has 0 fully saturated rings. The van der Waals surface area contributed by atoms with Gasteiger partial charge in [0.05, 0.1) is 19.7 Å². The van der Waals surface area contributed by atoms with E-state index in [9.17, 15) is 9.59 Å². The molecule has 0 saturated heterocycles. The number of anilines is 1. The highest BCUT2D eigenvalue weighted by molar-refractivity contribution is 5.44. The van der Waals surface area contributed by atoms with Crippen molar-refractivity contribution in [3.05, 3.63) is 56.2 Å². The molecule has 1 aliphatic rings. The molecule has 0 saturated carbocycles. The molecule has 0 amide bonds. The molecule has 0 aliphatic carbocycles. The van der Waals surface area contributed by atoms with Crippen LogP contribution in [-0.2, 0) is 13.1 Å². The number of quaternary nitrogens is 1. The Morgan fingerprint density at radius 2 is 2.00 bits per heavy atom. The lowest BCUT2D eigenvalue weighted by Crippen LogP contribution is -3.16. The molecule has 7 heteroatoms. The van der Waals surface area contributed by atoms with Crippen molar-refractivity contribution >= 4 is 5.82 Å². The third kappa shape index (κ3) is 3.46. The summed E-state index contributed by atoms with van der Waals surface area (Å²) < 4.78 is 6.77. The third-order valence-electron chi connectivity index (χ3n) is 4.99. The van der Waals surface area contributed by atoms with Gasteiger partial charge in [-0.15, -0.1) is 0 Å². The van der Waals surface area contributed by atoms with Gasteiger partial charge in [0.1, 0.15) is 23.7 Å². The second kappa shape index (κ2) is 7.14. The lowest BCUT2D eigenvalue weighted by molar-refractivity contribution is -0.935. The molecule has 3 rings (SSSR count). The minimum atomic E-state index is -0.390. The molecular weight excluding hydrogens is 320 g/mol. The van der Waals surface area contributed by atoms with Crippen LogP contribution in [-0.4, -0.2) is 29.4 Å². The maximum Gasteiger partial charge on any atom is 0.330 e. The number of hydrogen-bond donors (Lipinski definition) is 3. The number of nitrogens with one attached hydrogen (secondary N) is 3. The number of nitrogens with zero attached hydrogens (tertiary/aromatic N) is 1. The molecule has 134 valence electrons. The molecule has 0 bridgehead atoms. The highest BCUT2D eigenvalue weighted by atomic mass is 16.5. The SMILES string of the molecule is CC[C@H](C)[NH+]1CNc2c(c(=O)[nH]c(=O)n2Cc2ccc(OC)cc2)C1. The van der Waals surface area contributed by atoms with Gasteiger partial charge in [0.15, 0.2) is 6.67 Å². The molecule has 1 aromatic heterocycles. The zero-order valence-corrected chi connectivity index (χ0v) is 14.9. The van der Waals surface area contributed by atoms with Gasteiger partial charge in [-0.2, -0.15) is 0 Å². The van der Waals surface area contributed by atoms with E-state index >= 15 is 0 Å². The average molecular weight is 345 g/mol. The molecule has 25 heavy (non-hydrogen) atoms. The monoisotopic (exact) mass is 345 g/mol. The number of hydrogen-bond acceptors (Lipinski definition) is 4. The van der Waals surface area contributed by atoms with Gasteiger partial charge in [-0.05, 0) is 31.0 Å². The Kier molecular flexibility index (Phi) is 4.94. The summed E-state index contributed by atoms with van der Waals surface area (Å²) in [5, 5.41) is 3.30. The fourth-order valence-electron chi connectivity index (χ4n) is 3.17. The van der Waals surface area contributed by atoms with Crippen LogP contribution in [0, 0.1) is 0 Å². The van der Waals surface area contributed by atoms with Crippen molar-refractivity contribution in [1.82, 2.24) is 9.55 Å². The summed E-state index contributed by atoms with van der Waals surface area (Å²) in [7, 11) is 1.62. The predicted octanol–water partition coefficient (Wildman–Crippen LogP) is 0.160. The predicted molar refractivity (Wildman–Crippen MR) is 96.3 cm³/mol. The number of aromatic amines is 1. The first kappa shape index (κ1) is 17.3. The summed E-state index contributed by atoms with van der Waals surface area (Å²) >= 11 is 0. The zero-order chi connectivity index (χ0) is 18.0. The van der Waals surface area contributed by atoms with Crippen molar-refractivity contribution in [1.29, 1.82) is 0 Å². The number of ether oxygens (including phenoxy) is 1. The molecule has 1 aliphatic heterocycles. The van der Waals surface area contributed by atoms with Crippen molar-refractivity contribution in [3.63, 3.8) is 0 Å². The second-order valence-electron chi connectivity index (χ2n) is 6.52. The highest BCUT2D eigenvalue weighted by Gasteiger charge is 2.27. The van der Waals surface area contributed by atoms with Gasteiger partial charge in [-0.25, -0.2) is 4.79 Å². The Balaban J connectivity index is 1.95. The Labute approximate surface area is 146 Å². The van der Waals surface area contributed by atoms with Crippen molar-refractivity contribution in [2.24, 2.45) is 0 Å².